The molecular formula is C14H29N2+. The first-order chi connectivity index (χ1) is 7.33. The van der Waals surface area contributed by atoms with Crippen LogP contribution in [0.5, 0.6) is 0 Å². The molecule has 0 aromatic carbocycles. The Labute approximate surface area is 101 Å². The Kier molecular flexibility index (Phi) is 2.87. The summed E-state index contributed by atoms with van der Waals surface area (Å²) in [5.41, 5.74) is 0.838. The average molecular weight is 225 g/mol. The van der Waals surface area contributed by atoms with Crippen LogP contribution < -0.4 is 0 Å². The summed E-state index contributed by atoms with van der Waals surface area (Å²) < 4.78 is 1.36. The van der Waals surface area contributed by atoms with Crippen LogP contribution in [0, 0.1) is 0 Å². The number of rotatable bonds is 2. The fourth-order valence-corrected chi connectivity index (χ4v) is 3.50. The van der Waals surface area contributed by atoms with Crippen LogP contribution in [0.15, 0.2) is 0 Å². The maximum Gasteiger partial charge on any atom is 0.136 e. The lowest BCUT2D eigenvalue weighted by atomic mass is 9.97. The third-order valence-electron chi connectivity index (χ3n) is 5.45. The van der Waals surface area contributed by atoms with Crippen LogP contribution in [0.1, 0.15) is 53.9 Å². The van der Waals surface area contributed by atoms with E-state index in [1.807, 2.05) is 0 Å². The van der Waals surface area contributed by atoms with Gasteiger partial charge in [-0.05, 0) is 34.1 Å². The lowest BCUT2D eigenvalue weighted by Crippen LogP contribution is -2.56. The molecule has 0 unspecified atom stereocenters. The van der Waals surface area contributed by atoms with E-state index < -0.39 is 0 Å². The SMILES string of the molecule is CCC(C)(C)N1CC(C)(C)[N+]2(CCCC2)C1. The van der Waals surface area contributed by atoms with E-state index in [2.05, 4.69) is 39.5 Å². The second-order valence-corrected chi connectivity index (χ2v) is 7.12. The maximum atomic E-state index is 2.73. The highest BCUT2D eigenvalue weighted by Gasteiger charge is 2.55. The zero-order valence-corrected chi connectivity index (χ0v) is 11.8. The summed E-state index contributed by atoms with van der Waals surface area (Å²) in [5.74, 6) is 0. The Morgan fingerprint density at radius 2 is 1.75 bits per heavy atom. The Morgan fingerprint density at radius 1 is 1.19 bits per heavy atom. The van der Waals surface area contributed by atoms with Gasteiger partial charge in [-0.1, -0.05) is 6.92 Å². The van der Waals surface area contributed by atoms with Crippen molar-refractivity contribution >= 4 is 0 Å². The van der Waals surface area contributed by atoms with Crippen molar-refractivity contribution in [3.63, 3.8) is 0 Å². The van der Waals surface area contributed by atoms with E-state index in [1.54, 1.807) is 0 Å². The molecule has 16 heavy (non-hydrogen) atoms. The zero-order valence-electron chi connectivity index (χ0n) is 11.8. The zero-order chi connectivity index (χ0) is 12.0. The van der Waals surface area contributed by atoms with E-state index in [9.17, 15) is 0 Å². The molecule has 1 spiro atoms. The molecule has 0 atom stereocenters. The van der Waals surface area contributed by atoms with Gasteiger partial charge >= 0.3 is 0 Å². The monoisotopic (exact) mass is 225 g/mol. The van der Waals surface area contributed by atoms with Crippen LogP contribution in [0.2, 0.25) is 0 Å². The van der Waals surface area contributed by atoms with Crippen LogP contribution in [-0.4, -0.2) is 46.8 Å². The second-order valence-electron chi connectivity index (χ2n) is 7.12. The summed E-state index contributed by atoms with van der Waals surface area (Å²) in [6.07, 6.45) is 4.12. The summed E-state index contributed by atoms with van der Waals surface area (Å²) >= 11 is 0. The molecule has 0 aromatic rings. The van der Waals surface area contributed by atoms with Gasteiger partial charge in [0.05, 0.1) is 19.6 Å². The molecule has 0 aromatic heterocycles. The average Bonchev–Trinajstić information content (AvgIpc) is 2.75. The Balaban J connectivity index is 2.20. The summed E-state index contributed by atoms with van der Waals surface area (Å²) in [6, 6.07) is 0. The van der Waals surface area contributed by atoms with Gasteiger partial charge in [0.15, 0.2) is 0 Å². The van der Waals surface area contributed by atoms with Crippen LogP contribution in [0.25, 0.3) is 0 Å². The van der Waals surface area contributed by atoms with Gasteiger partial charge in [0.2, 0.25) is 0 Å². The fourth-order valence-electron chi connectivity index (χ4n) is 3.50. The molecule has 2 rings (SSSR count). The van der Waals surface area contributed by atoms with Gasteiger partial charge in [0.1, 0.15) is 12.2 Å². The van der Waals surface area contributed by atoms with Gasteiger partial charge in [0, 0.05) is 18.4 Å². The second kappa shape index (κ2) is 3.71. The first kappa shape index (κ1) is 12.4. The van der Waals surface area contributed by atoms with Gasteiger partial charge in [-0.25, -0.2) is 4.90 Å². The Morgan fingerprint density at radius 3 is 2.25 bits per heavy atom. The molecule has 2 aliphatic heterocycles. The molecule has 2 heterocycles. The first-order valence-corrected chi connectivity index (χ1v) is 6.94. The van der Waals surface area contributed by atoms with Gasteiger partial charge in [0.25, 0.3) is 0 Å². The molecule has 0 bridgehead atoms. The molecule has 0 radical (unpaired) electrons. The number of nitrogens with zero attached hydrogens (tertiary/aromatic N) is 2. The lowest BCUT2D eigenvalue weighted by Gasteiger charge is -2.41. The van der Waals surface area contributed by atoms with Crippen molar-refractivity contribution in [1.82, 2.24) is 4.90 Å². The standard InChI is InChI=1S/C14H29N2/c1-6-13(2,3)15-11-14(4,5)16(12-15)9-7-8-10-16/h6-12H2,1-5H3/q+1. The highest BCUT2D eigenvalue weighted by atomic mass is 15.6. The van der Waals surface area contributed by atoms with Crippen LogP contribution in [0.3, 0.4) is 0 Å². The van der Waals surface area contributed by atoms with Gasteiger partial charge in [-0.3, -0.25) is 0 Å². The van der Waals surface area contributed by atoms with E-state index in [1.165, 1.54) is 50.0 Å². The third-order valence-corrected chi connectivity index (χ3v) is 5.45. The molecule has 0 aliphatic carbocycles. The molecule has 94 valence electrons. The van der Waals surface area contributed by atoms with Crippen LogP contribution in [-0.2, 0) is 0 Å². The predicted octanol–water partition coefficient (Wildman–Crippen LogP) is 2.84. The fraction of sp³-hybridized carbons (Fsp3) is 1.00. The molecule has 0 saturated carbocycles. The van der Waals surface area contributed by atoms with E-state index in [0.717, 1.165) is 0 Å². The highest BCUT2D eigenvalue weighted by Crippen LogP contribution is 2.40. The minimum absolute atomic E-state index is 0.377. The number of quaternary nitrogens is 1. The lowest BCUT2D eigenvalue weighted by molar-refractivity contribution is -0.952. The first-order valence-electron chi connectivity index (χ1n) is 6.94. The van der Waals surface area contributed by atoms with Crippen LogP contribution in [0.4, 0.5) is 0 Å². The van der Waals surface area contributed by atoms with E-state index in [0.29, 0.717) is 11.1 Å². The van der Waals surface area contributed by atoms with E-state index >= 15 is 0 Å². The van der Waals surface area contributed by atoms with Gasteiger partial charge in [-0.15, -0.1) is 0 Å². The minimum Gasteiger partial charge on any atom is -0.306 e. The van der Waals surface area contributed by atoms with Crippen molar-refractivity contribution in [2.45, 2.75) is 65.0 Å². The number of hydrogen-bond donors (Lipinski definition) is 0. The summed E-state index contributed by atoms with van der Waals surface area (Å²) in [6.45, 7) is 17.4. The topological polar surface area (TPSA) is 3.24 Å². The molecule has 2 saturated heterocycles. The van der Waals surface area contributed by atoms with Crippen molar-refractivity contribution in [2.75, 3.05) is 26.3 Å². The summed E-state index contributed by atoms with van der Waals surface area (Å²) in [7, 11) is 0. The number of hydrogen-bond acceptors (Lipinski definition) is 1. The van der Waals surface area contributed by atoms with Crippen molar-refractivity contribution in [3.8, 4) is 0 Å². The minimum atomic E-state index is 0.377. The Hall–Kier alpha value is -0.0800. The van der Waals surface area contributed by atoms with Crippen molar-refractivity contribution < 1.29 is 4.48 Å². The predicted molar refractivity (Wildman–Crippen MR) is 69.3 cm³/mol. The highest BCUT2D eigenvalue weighted by molar-refractivity contribution is 4.90. The maximum absolute atomic E-state index is 2.73. The van der Waals surface area contributed by atoms with Crippen molar-refractivity contribution in [1.29, 1.82) is 0 Å². The molecule has 0 N–H and O–H groups in total. The molecule has 2 nitrogen and oxygen atoms in total. The van der Waals surface area contributed by atoms with Crippen LogP contribution >= 0.6 is 0 Å². The summed E-state index contributed by atoms with van der Waals surface area (Å²) in [4.78, 5) is 2.73. The molecule has 0 amide bonds. The van der Waals surface area contributed by atoms with Gasteiger partial charge in [-0.2, -0.15) is 0 Å². The van der Waals surface area contributed by atoms with Crippen molar-refractivity contribution in [3.05, 3.63) is 0 Å². The summed E-state index contributed by atoms with van der Waals surface area (Å²) in [5, 5.41) is 0. The molecule has 2 aliphatic rings. The van der Waals surface area contributed by atoms with E-state index in [4.69, 9.17) is 0 Å². The van der Waals surface area contributed by atoms with Gasteiger partial charge < -0.3 is 4.48 Å². The third kappa shape index (κ3) is 1.70. The molecule has 2 fully saturated rings. The largest absolute Gasteiger partial charge is 0.306 e. The quantitative estimate of drug-likeness (QED) is 0.653. The molecular weight excluding hydrogens is 196 g/mol. The van der Waals surface area contributed by atoms with E-state index in [-0.39, 0.29) is 0 Å². The van der Waals surface area contributed by atoms with Crippen molar-refractivity contribution in [2.24, 2.45) is 0 Å². The normalized spacial score (nSPS) is 29.1. The smallest absolute Gasteiger partial charge is 0.136 e. The Bertz CT molecular complexity index is 262. The molecule has 2 heteroatoms.